The molecule has 1 fully saturated rings. The first-order valence-electron chi connectivity index (χ1n) is 7.77. The van der Waals surface area contributed by atoms with Crippen molar-refractivity contribution in [1.82, 2.24) is 9.80 Å². The van der Waals surface area contributed by atoms with Crippen molar-refractivity contribution in [3.8, 4) is 0 Å². The van der Waals surface area contributed by atoms with Crippen LogP contribution in [0.1, 0.15) is 36.0 Å². The number of carbonyl (C=O) groups excluding carboxylic acids is 1. The molecule has 0 aliphatic carbocycles. The number of hydrogen-bond acceptors (Lipinski definition) is 1. The number of nitrogens with zero attached hydrogens (tertiary/aromatic N) is 2. The van der Waals surface area contributed by atoms with Crippen LogP contribution < -0.4 is 0 Å². The second-order valence-electron chi connectivity index (χ2n) is 6.10. The third-order valence-corrected chi connectivity index (χ3v) is 4.02. The molecule has 0 radical (unpaired) electrons. The van der Waals surface area contributed by atoms with E-state index >= 15 is 0 Å². The van der Waals surface area contributed by atoms with Gasteiger partial charge in [0.15, 0.2) is 0 Å². The van der Waals surface area contributed by atoms with Crippen molar-refractivity contribution in [2.75, 3.05) is 20.1 Å². The smallest absolute Gasteiger partial charge is 0.325 e. The number of piperidine rings is 1. The van der Waals surface area contributed by atoms with Crippen molar-refractivity contribution in [3.63, 3.8) is 0 Å². The fraction of sp³-hybridized carbons (Fsp3) is 0.562. The molecule has 1 saturated heterocycles. The first kappa shape index (κ1) is 19.4. The van der Waals surface area contributed by atoms with Gasteiger partial charge in [0.05, 0.1) is 11.1 Å². The monoisotopic (exact) mass is 368 g/mol. The Bertz CT molecular complexity index is 588. The van der Waals surface area contributed by atoms with Crippen molar-refractivity contribution in [1.29, 1.82) is 0 Å². The molecule has 2 amide bonds. The van der Waals surface area contributed by atoms with Gasteiger partial charge in [-0.1, -0.05) is 0 Å². The number of halogens is 6. The van der Waals surface area contributed by atoms with E-state index in [4.69, 9.17) is 0 Å². The quantitative estimate of drug-likeness (QED) is 0.691. The minimum Gasteiger partial charge on any atom is -0.325 e. The normalized spacial score (nSPS) is 16.0. The Balaban J connectivity index is 2.23. The second-order valence-corrected chi connectivity index (χ2v) is 6.10. The Kier molecular flexibility index (Phi) is 5.53. The summed E-state index contributed by atoms with van der Waals surface area (Å²) in [6.07, 6.45) is -7.13. The highest BCUT2D eigenvalue weighted by molar-refractivity contribution is 5.74. The summed E-state index contributed by atoms with van der Waals surface area (Å²) in [7, 11) is 1.37. The highest BCUT2D eigenvalue weighted by Gasteiger charge is 2.37. The van der Waals surface area contributed by atoms with E-state index in [2.05, 4.69) is 0 Å². The Morgan fingerprint density at radius 1 is 0.960 bits per heavy atom. The molecule has 1 aliphatic heterocycles. The van der Waals surface area contributed by atoms with Gasteiger partial charge in [0.25, 0.3) is 0 Å². The van der Waals surface area contributed by atoms with Gasteiger partial charge in [-0.05, 0) is 43.0 Å². The van der Waals surface area contributed by atoms with E-state index in [1.165, 1.54) is 7.05 Å². The maximum absolute atomic E-state index is 12.9. The maximum atomic E-state index is 12.9. The summed E-state index contributed by atoms with van der Waals surface area (Å²) < 4.78 is 77.2. The number of benzene rings is 1. The fourth-order valence-electron chi connectivity index (χ4n) is 2.78. The molecule has 1 aliphatic rings. The van der Waals surface area contributed by atoms with Crippen molar-refractivity contribution < 1.29 is 31.1 Å². The van der Waals surface area contributed by atoms with Gasteiger partial charge in [0.2, 0.25) is 0 Å². The first-order valence-corrected chi connectivity index (χ1v) is 7.77. The van der Waals surface area contributed by atoms with Gasteiger partial charge < -0.3 is 9.80 Å². The summed E-state index contributed by atoms with van der Waals surface area (Å²) in [4.78, 5) is 15.0. The predicted octanol–water partition coefficient (Wildman–Crippen LogP) is 4.76. The van der Waals surface area contributed by atoms with Crippen molar-refractivity contribution >= 4 is 6.03 Å². The van der Waals surface area contributed by atoms with Gasteiger partial charge in [0, 0.05) is 26.7 Å². The predicted molar refractivity (Wildman–Crippen MR) is 78.7 cm³/mol. The zero-order chi connectivity index (χ0) is 18.8. The molecule has 1 heterocycles. The van der Waals surface area contributed by atoms with Crippen LogP contribution in [0.15, 0.2) is 18.2 Å². The topological polar surface area (TPSA) is 23.6 Å². The van der Waals surface area contributed by atoms with E-state index < -0.39 is 29.5 Å². The molecular weight excluding hydrogens is 350 g/mol. The van der Waals surface area contributed by atoms with Gasteiger partial charge in [-0.25, -0.2) is 4.79 Å². The number of likely N-dealkylation sites (tertiary alicyclic amines) is 1. The summed E-state index contributed by atoms with van der Waals surface area (Å²) in [5, 5.41) is 0. The highest BCUT2D eigenvalue weighted by atomic mass is 19.4. The van der Waals surface area contributed by atoms with Crippen LogP contribution in [0.4, 0.5) is 31.1 Å². The van der Waals surface area contributed by atoms with Crippen LogP contribution in [0.5, 0.6) is 0 Å². The Morgan fingerprint density at radius 2 is 1.44 bits per heavy atom. The van der Waals surface area contributed by atoms with Crippen LogP contribution in [0, 0.1) is 0 Å². The van der Waals surface area contributed by atoms with Gasteiger partial charge in [-0.2, -0.15) is 26.3 Å². The molecule has 25 heavy (non-hydrogen) atoms. The number of amides is 2. The third kappa shape index (κ3) is 5.02. The standard InChI is InChI=1S/C16H18F6N2O/c1-23(14(25)24-5-3-2-4-6-24)10-11-7-12(15(17,18)19)9-13(8-11)16(20,21)22/h7-9H,2-6,10H2,1H3. The molecule has 140 valence electrons. The zero-order valence-corrected chi connectivity index (χ0v) is 13.5. The van der Waals surface area contributed by atoms with E-state index in [1.54, 1.807) is 4.90 Å². The molecule has 2 rings (SSSR count). The molecule has 9 heteroatoms. The lowest BCUT2D eigenvalue weighted by Crippen LogP contribution is -2.43. The molecule has 0 aromatic heterocycles. The Labute approximate surface area is 141 Å². The van der Waals surface area contributed by atoms with Crippen LogP contribution in [-0.4, -0.2) is 36.0 Å². The number of urea groups is 1. The lowest BCUT2D eigenvalue weighted by atomic mass is 10.0. The summed E-state index contributed by atoms with van der Waals surface area (Å²) in [6.45, 7) is 0.751. The fourth-order valence-corrected chi connectivity index (χ4v) is 2.78. The molecule has 0 bridgehead atoms. The molecule has 0 N–H and O–H groups in total. The molecule has 1 aromatic rings. The minimum absolute atomic E-state index is 0.0793. The number of carbonyl (C=O) groups is 1. The van der Waals surface area contributed by atoms with Gasteiger partial charge in [-0.15, -0.1) is 0 Å². The Morgan fingerprint density at radius 3 is 1.88 bits per heavy atom. The van der Waals surface area contributed by atoms with Crippen molar-refractivity contribution in [3.05, 3.63) is 34.9 Å². The lowest BCUT2D eigenvalue weighted by Gasteiger charge is -2.31. The molecule has 0 atom stereocenters. The summed E-state index contributed by atoms with van der Waals surface area (Å²) >= 11 is 0. The molecular formula is C16H18F6N2O. The zero-order valence-electron chi connectivity index (χ0n) is 13.5. The van der Waals surface area contributed by atoms with Crippen LogP contribution >= 0.6 is 0 Å². The van der Waals surface area contributed by atoms with E-state index in [9.17, 15) is 31.1 Å². The largest absolute Gasteiger partial charge is 0.416 e. The third-order valence-electron chi connectivity index (χ3n) is 4.02. The van der Waals surface area contributed by atoms with E-state index in [0.717, 1.165) is 24.2 Å². The number of hydrogen-bond donors (Lipinski definition) is 0. The minimum atomic E-state index is -4.90. The summed E-state index contributed by atoms with van der Waals surface area (Å²) in [5.74, 6) is 0. The SMILES string of the molecule is CN(Cc1cc(C(F)(F)F)cc(C(F)(F)F)c1)C(=O)N1CCCCC1. The lowest BCUT2D eigenvalue weighted by molar-refractivity contribution is -0.143. The van der Waals surface area contributed by atoms with E-state index in [-0.39, 0.29) is 18.2 Å². The van der Waals surface area contributed by atoms with Crippen molar-refractivity contribution in [2.45, 2.75) is 38.2 Å². The van der Waals surface area contributed by atoms with Gasteiger partial charge in [-0.3, -0.25) is 0 Å². The Hall–Kier alpha value is -1.93. The second kappa shape index (κ2) is 7.13. The number of rotatable bonds is 2. The summed E-state index contributed by atoms with van der Waals surface area (Å²) in [6, 6.07) is 0.978. The molecule has 0 spiro atoms. The average molecular weight is 368 g/mol. The van der Waals surface area contributed by atoms with Gasteiger partial charge >= 0.3 is 18.4 Å². The number of alkyl halides is 6. The van der Waals surface area contributed by atoms with Crippen LogP contribution in [-0.2, 0) is 18.9 Å². The van der Waals surface area contributed by atoms with E-state index in [1.807, 2.05) is 0 Å². The first-order chi connectivity index (χ1) is 11.5. The van der Waals surface area contributed by atoms with E-state index in [0.29, 0.717) is 25.2 Å². The average Bonchev–Trinajstić information content (AvgIpc) is 2.53. The van der Waals surface area contributed by atoms with Crippen LogP contribution in [0.2, 0.25) is 0 Å². The van der Waals surface area contributed by atoms with Crippen LogP contribution in [0.25, 0.3) is 0 Å². The van der Waals surface area contributed by atoms with Gasteiger partial charge in [0.1, 0.15) is 0 Å². The highest BCUT2D eigenvalue weighted by Crippen LogP contribution is 2.36. The van der Waals surface area contributed by atoms with Crippen molar-refractivity contribution in [2.24, 2.45) is 0 Å². The maximum Gasteiger partial charge on any atom is 0.416 e. The molecule has 1 aromatic carbocycles. The van der Waals surface area contributed by atoms with Crippen LogP contribution in [0.3, 0.4) is 0 Å². The molecule has 0 saturated carbocycles. The molecule has 3 nitrogen and oxygen atoms in total. The molecule has 0 unspecified atom stereocenters. The summed E-state index contributed by atoms with van der Waals surface area (Å²) in [5.41, 5.74) is -2.97.